The van der Waals surface area contributed by atoms with E-state index in [9.17, 15) is 9.59 Å². The minimum absolute atomic E-state index is 0.0292. The number of benzene rings is 1. The molecule has 1 atom stereocenters. The highest BCUT2D eigenvalue weighted by Gasteiger charge is 2.54. The largest absolute Gasteiger partial charge is 0.492 e. The van der Waals surface area contributed by atoms with Gasteiger partial charge in [0, 0.05) is 50.0 Å². The van der Waals surface area contributed by atoms with Crippen LogP contribution in [0, 0.1) is 5.41 Å². The Bertz CT molecular complexity index is 1100. The Labute approximate surface area is 206 Å². The number of nitrogens with zero attached hydrogens (tertiary/aromatic N) is 5. The first-order valence-electron chi connectivity index (χ1n) is 12.4. The first-order chi connectivity index (χ1) is 16.8. The molecule has 2 aromatic rings. The molecule has 1 unspecified atom stereocenters. The fourth-order valence-corrected chi connectivity index (χ4v) is 5.48. The van der Waals surface area contributed by atoms with Crippen LogP contribution in [-0.2, 0) is 16.0 Å². The standard InChI is InChI=1S/C26H34N6O3/c1-30(2)12-13-35-21-10-8-19(9-11-21)28-25-27-16-18-14-26(15-22(33)31(3)17-26)24(34)32(23(18)29-25)20-6-4-5-7-20/h8-11,16,20H,4-7,12-15,17H2,1-3H3,(H,27,28,29). The molecule has 1 aromatic carbocycles. The lowest BCUT2D eigenvalue weighted by atomic mass is 9.76. The van der Waals surface area contributed by atoms with Crippen LogP contribution in [0.1, 0.15) is 37.7 Å². The number of ether oxygens (including phenoxy) is 1. The maximum Gasteiger partial charge on any atom is 0.237 e. The van der Waals surface area contributed by atoms with E-state index in [1.807, 2.05) is 49.5 Å². The quantitative estimate of drug-likeness (QED) is 0.654. The van der Waals surface area contributed by atoms with E-state index in [1.54, 1.807) is 11.9 Å². The van der Waals surface area contributed by atoms with Crippen molar-refractivity contribution in [3.8, 4) is 5.75 Å². The van der Waals surface area contributed by atoms with Crippen LogP contribution < -0.4 is 15.0 Å². The summed E-state index contributed by atoms with van der Waals surface area (Å²) in [6, 6.07) is 7.83. The van der Waals surface area contributed by atoms with Gasteiger partial charge in [-0.05, 0) is 57.6 Å². The summed E-state index contributed by atoms with van der Waals surface area (Å²) in [6.45, 7) is 1.93. The molecule has 2 fully saturated rings. The van der Waals surface area contributed by atoms with Crippen LogP contribution in [0.15, 0.2) is 30.5 Å². The fraction of sp³-hybridized carbons (Fsp3) is 0.538. The van der Waals surface area contributed by atoms with Gasteiger partial charge in [-0.3, -0.25) is 14.5 Å². The third-order valence-electron chi connectivity index (χ3n) is 7.33. The zero-order valence-electron chi connectivity index (χ0n) is 20.8. The van der Waals surface area contributed by atoms with Crippen LogP contribution in [0.4, 0.5) is 17.5 Å². The molecule has 35 heavy (non-hydrogen) atoms. The number of nitrogens with one attached hydrogen (secondary N) is 1. The van der Waals surface area contributed by atoms with Crippen LogP contribution in [-0.4, -0.2) is 78.5 Å². The molecule has 186 valence electrons. The van der Waals surface area contributed by atoms with Gasteiger partial charge in [0.25, 0.3) is 0 Å². The Kier molecular flexibility index (Phi) is 6.35. The van der Waals surface area contributed by atoms with Gasteiger partial charge in [-0.15, -0.1) is 0 Å². The number of likely N-dealkylation sites (N-methyl/N-ethyl adjacent to an activating group) is 1. The number of carbonyl (C=O) groups is 2. The van der Waals surface area contributed by atoms with E-state index in [0.717, 1.165) is 49.2 Å². The number of fused-ring (bicyclic) bond motifs is 1. The minimum Gasteiger partial charge on any atom is -0.492 e. The molecule has 9 heteroatoms. The minimum atomic E-state index is -0.706. The number of anilines is 3. The fourth-order valence-electron chi connectivity index (χ4n) is 5.48. The zero-order valence-corrected chi connectivity index (χ0v) is 20.8. The molecule has 9 nitrogen and oxygen atoms in total. The van der Waals surface area contributed by atoms with Gasteiger partial charge in [-0.25, -0.2) is 4.98 Å². The molecule has 0 bridgehead atoms. The second kappa shape index (κ2) is 9.45. The van der Waals surface area contributed by atoms with Gasteiger partial charge in [0.1, 0.15) is 18.2 Å². The van der Waals surface area contributed by atoms with Crippen molar-refractivity contribution in [2.75, 3.05) is 51.1 Å². The number of amides is 2. The van der Waals surface area contributed by atoms with Gasteiger partial charge in [0.15, 0.2) is 0 Å². The number of hydrogen-bond donors (Lipinski definition) is 1. The molecule has 3 heterocycles. The summed E-state index contributed by atoms with van der Waals surface area (Å²) in [5.74, 6) is 2.02. The Hall–Kier alpha value is -3.20. The van der Waals surface area contributed by atoms with Crippen molar-refractivity contribution in [1.29, 1.82) is 0 Å². The average Bonchev–Trinajstić information content (AvgIpc) is 3.45. The van der Waals surface area contributed by atoms with Gasteiger partial charge in [0.2, 0.25) is 17.8 Å². The summed E-state index contributed by atoms with van der Waals surface area (Å²) < 4.78 is 5.77. The average molecular weight is 479 g/mol. The lowest BCUT2D eigenvalue weighted by molar-refractivity contribution is -0.131. The molecule has 1 spiro atoms. The van der Waals surface area contributed by atoms with E-state index in [1.165, 1.54) is 0 Å². The molecular formula is C26H34N6O3. The number of rotatable bonds is 7. The highest BCUT2D eigenvalue weighted by atomic mass is 16.5. The summed E-state index contributed by atoms with van der Waals surface area (Å²) in [5, 5.41) is 3.27. The van der Waals surface area contributed by atoms with Gasteiger partial charge in [0.05, 0.1) is 5.41 Å². The second-order valence-electron chi connectivity index (χ2n) is 10.3. The lowest BCUT2D eigenvalue weighted by Gasteiger charge is -2.41. The Morgan fingerprint density at radius 1 is 1.14 bits per heavy atom. The third-order valence-corrected chi connectivity index (χ3v) is 7.33. The van der Waals surface area contributed by atoms with E-state index in [-0.39, 0.29) is 24.3 Å². The third kappa shape index (κ3) is 4.69. The van der Waals surface area contributed by atoms with E-state index < -0.39 is 5.41 Å². The molecule has 1 N–H and O–H groups in total. The van der Waals surface area contributed by atoms with Crippen LogP contribution >= 0.6 is 0 Å². The summed E-state index contributed by atoms with van der Waals surface area (Å²) >= 11 is 0. The van der Waals surface area contributed by atoms with Gasteiger partial charge in [-0.2, -0.15) is 4.98 Å². The van der Waals surface area contributed by atoms with Crippen molar-refractivity contribution >= 4 is 29.3 Å². The predicted octanol–water partition coefficient (Wildman–Crippen LogP) is 2.84. The van der Waals surface area contributed by atoms with E-state index in [2.05, 4.69) is 15.2 Å². The molecule has 1 saturated carbocycles. The smallest absolute Gasteiger partial charge is 0.237 e. The summed E-state index contributed by atoms with van der Waals surface area (Å²) in [6.07, 6.45) is 6.72. The van der Waals surface area contributed by atoms with Gasteiger partial charge >= 0.3 is 0 Å². The number of likely N-dealkylation sites (tertiary alicyclic amines) is 1. The number of hydrogen-bond acceptors (Lipinski definition) is 7. The maximum absolute atomic E-state index is 13.9. The predicted molar refractivity (Wildman–Crippen MR) is 134 cm³/mol. The summed E-state index contributed by atoms with van der Waals surface area (Å²) in [4.78, 5) is 41.3. The molecule has 2 amide bonds. The van der Waals surface area contributed by atoms with Gasteiger partial charge < -0.3 is 19.9 Å². The molecule has 1 saturated heterocycles. The van der Waals surface area contributed by atoms with E-state index in [4.69, 9.17) is 9.72 Å². The SMILES string of the molecule is CN(C)CCOc1ccc(Nc2ncc3c(n2)N(C2CCCC2)C(=O)C2(CC(=O)N(C)C2)C3)cc1. The normalized spacial score (nSPS) is 22.4. The van der Waals surface area contributed by atoms with E-state index >= 15 is 0 Å². The highest BCUT2D eigenvalue weighted by molar-refractivity contribution is 6.04. The Morgan fingerprint density at radius 3 is 2.54 bits per heavy atom. The monoisotopic (exact) mass is 478 g/mol. The van der Waals surface area contributed by atoms with Crippen LogP contribution in [0.2, 0.25) is 0 Å². The zero-order chi connectivity index (χ0) is 24.6. The Morgan fingerprint density at radius 2 is 1.89 bits per heavy atom. The molecule has 3 aliphatic rings. The molecule has 5 rings (SSSR count). The molecule has 1 aromatic heterocycles. The molecule has 1 aliphatic carbocycles. The van der Waals surface area contributed by atoms with Crippen molar-refractivity contribution in [3.05, 3.63) is 36.0 Å². The first-order valence-corrected chi connectivity index (χ1v) is 12.4. The second-order valence-corrected chi connectivity index (χ2v) is 10.3. The van der Waals surface area contributed by atoms with Crippen molar-refractivity contribution < 1.29 is 14.3 Å². The van der Waals surface area contributed by atoms with Crippen molar-refractivity contribution in [2.45, 2.75) is 44.6 Å². The lowest BCUT2D eigenvalue weighted by Crippen LogP contribution is -2.54. The van der Waals surface area contributed by atoms with Crippen molar-refractivity contribution in [1.82, 2.24) is 19.8 Å². The van der Waals surface area contributed by atoms with Crippen LogP contribution in [0.3, 0.4) is 0 Å². The molecular weight excluding hydrogens is 444 g/mol. The number of carbonyl (C=O) groups excluding carboxylic acids is 2. The highest BCUT2D eigenvalue weighted by Crippen LogP contribution is 2.45. The van der Waals surface area contributed by atoms with E-state index in [0.29, 0.717) is 31.3 Å². The number of aromatic nitrogens is 2. The topological polar surface area (TPSA) is 90.9 Å². The molecule has 2 aliphatic heterocycles. The molecule has 0 radical (unpaired) electrons. The van der Waals surface area contributed by atoms with Crippen LogP contribution in [0.25, 0.3) is 0 Å². The van der Waals surface area contributed by atoms with Crippen molar-refractivity contribution in [2.24, 2.45) is 5.41 Å². The van der Waals surface area contributed by atoms with Crippen LogP contribution in [0.5, 0.6) is 5.75 Å². The van der Waals surface area contributed by atoms with Crippen molar-refractivity contribution in [3.63, 3.8) is 0 Å². The van der Waals surface area contributed by atoms with Gasteiger partial charge in [-0.1, -0.05) is 12.8 Å². The Balaban J connectivity index is 1.38. The summed E-state index contributed by atoms with van der Waals surface area (Å²) in [5.41, 5.74) is 1.08. The maximum atomic E-state index is 13.9. The summed E-state index contributed by atoms with van der Waals surface area (Å²) in [7, 11) is 5.81. The first kappa shape index (κ1) is 23.5.